The molecule has 2 aromatic rings. The number of hydrogen-bond donors (Lipinski definition) is 0. The van der Waals surface area contributed by atoms with Gasteiger partial charge in [-0.2, -0.15) is 0 Å². The van der Waals surface area contributed by atoms with E-state index >= 15 is 0 Å². The molecule has 0 radical (unpaired) electrons. The number of para-hydroxylation sites is 1. The van der Waals surface area contributed by atoms with Gasteiger partial charge in [0.05, 0.1) is 17.7 Å². The predicted molar refractivity (Wildman–Crippen MR) is 86.0 cm³/mol. The van der Waals surface area contributed by atoms with Gasteiger partial charge in [-0.15, -0.1) is 0 Å². The van der Waals surface area contributed by atoms with E-state index in [0.29, 0.717) is 4.31 Å². The van der Waals surface area contributed by atoms with Crippen LogP contribution in [0.1, 0.15) is 0 Å². The molecular weight excluding hydrogens is 355 g/mol. The number of nitrogens with zero attached hydrogens (tertiary/aromatic N) is 2. The average Bonchev–Trinajstić information content (AvgIpc) is 2.60. The van der Waals surface area contributed by atoms with Crippen LogP contribution in [0.2, 0.25) is 0 Å². The number of methoxy groups -OCH3 is 1. The summed E-state index contributed by atoms with van der Waals surface area (Å²) in [5, 5.41) is 11.1. The molecule has 0 spiro atoms. The Morgan fingerprint density at radius 1 is 1.20 bits per heavy atom. The normalized spacial score (nSPS) is 11.0. The van der Waals surface area contributed by atoms with Crippen molar-refractivity contribution in [2.45, 2.75) is 4.90 Å². The minimum absolute atomic E-state index is 0.0371. The molecule has 8 nitrogen and oxygen atoms in total. The van der Waals surface area contributed by atoms with Crippen LogP contribution in [0.5, 0.6) is 0 Å². The van der Waals surface area contributed by atoms with Crippen LogP contribution in [-0.2, 0) is 19.6 Å². The summed E-state index contributed by atoms with van der Waals surface area (Å²) in [5.74, 6) is -1.49. The Labute approximate surface area is 142 Å². The second-order valence-electron chi connectivity index (χ2n) is 4.79. The maximum absolute atomic E-state index is 13.1. The van der Waals surface area contributed by atoms with Gasteiger partial charge in [-0.1, -0.05) is 12.1 Å². The topological polar surface area (TPSA) is 107 Å². The lowest BCUT2D eigenvalue weighted by atomic mass is 10.3. The molecule has 0 aliphatic rings. The van der Waals surface area contributed by atoms with Gasteiger partial charge in [-0.05, 0) is 30.3 Å². The molecule has 0 bridgehead atoms. The number of esters is 1. The smallest absolute Gasteiger partial charge is 0.326 e. The van der Waals surface area contributed by atoms with Crippen molar-refractivity contribution >= 4 is 27.4 Å². The van der Waals surface area contributed by atoms with Crippen LogP contribution in [0.4, 0.5) is 15.8 Å². The summed E-state index contributed by atoms with van der Waals surface area (Å²) in [7, 11) is -3.41. The number of ether oxygens (including phenoxy) is 1. The van der Waals surface area contributed by atoms with Crippen molar-refractivity contribution < 1.29 is 27.3 Å². The van der Waals surface area contributed by atoms with Crippen molar-refractivity contribution in [2.24, 2.45) is 0 Å². The van der Waals surface area contributed by atoms with Crippen LogP contribution in [0.25, 0.3) is 0 Å². The van der Waals surface area contributed by atoms with E-state index in [1.165, 1.54) is 12.1 Å². The number of anilines is 1. The first-order valence-electron chi connectivity index (χ1n) is 6.86. The molecule has 0 atom stereocenters. The molecule has 0 aliphatic heterocycles. The number of carbonyl (C=O) groups is 1. The van der Waals surface area contributed by atoms with Crippen molar-refractivity contribution in [1.29, 1.82) is 0 Å². The molecule has 0 saturated heterocycles. The summed E-state index contributed by atoms with van der Waals surface area (Å²) in [6.45, 7) is -0.726. The highest BCUT2D eigenvalue weighted by atomic mass is 32.2. The Balaban J connectivity index is 2.61. The van der Waals surface area contributed by atoms with Crippen molar-refractivity contribution in [3.05, 3.63) is 64.5 Å². The van der Waals surface area contributed by atoms with Crippen molar-refractivity contribution in [2.75, 3.05) is 18.0 Å². The first kappa shape index (κ1) is 18.3. The Morgan fingerprint density at radius 3 is 2.36 bits per heavy atom. The molecule has 0 unspecified atom stereocenters. The Morgan fingerprint density at radius 2 is 1.80 bits per heavy atom. The van der Waals surface area contributed by atoms with Crippen LogP contribution >= 0.6 is 0 Å². The second kappa shape index (κ2) is 7.26. The van der Waals surface area contributed by atoms with E-state index in [2.05, 4.69) is 4.74 Å². The summed E-state index contributed by atoms with van der Waals surface area (Å²) in [4.78, 5) is 21.3. The first-order valence-corrected chi connectivity index (χ1v) is 8.30. The van der Waals surface area contributed by atoms with Crippen LogP contribution in [0.15, 0.2) is 53.4 Å². The third kappa shape index (κ3) is 3.91. The second-order valence-corrected chi connectivity index (χ2v) is 6.62. The number of nitro benzene ring substituents is 1. The molecule has 0 amide bonds. The predicted octanol–water partition coefficient (Wildman–Crippen LogP) is 2.10. The standard InChI is InChI=1S/C15H13FN2O6S/c1-24-15(19)10-17(12-8-6-11(16)7-9-12)25(22,23)14-5-3-2-4-13(14)18(20)21/h2-9H,10H2,1H3. The number of rotatable bonds is 6. The van der Waals surface area contributed by atoms with Gasteiger partial charge < -0.3 is 4.74 Å². The summed E-state index contributed by atoms with van der Waals surface area (Å²) in [6, 6.07) is 9.04. The van der Waals surface area contributed by atoms with Gasteiger partial charge in [-0.3, -0.25) is 19.2 Å². The van der Waals surface area contributed by atoms with Gasteiger partial charge >= 0.3 is 5.97 Å². The summed E-state index contributed by atoms with van der Waals surface area (Å²) in [5.41, 5.74) is -0.676. The van der Waals surface area contributed by atoms with Gasteiger partial charge in [0.2, 0.25) is 0 Å². The zero-order chi connectivity index (χ0) is 18.6. The number of benzene rings is 2. The Bertz CT molecular complexity index is 898. The molecule has 0 N–H and O–H groups in total. The highest BCUT2D eigenvalue weighted by molar-refractivity contribution is 7.93. The molecule has 10 heteroatoms. The molecule has 0 heterocycles. The summed E-state index contributed by atoms with van der Waals surface area (Å²) < 4.78 is 44.1. The lowest BCUT2D eigenvalue weighted by molar-refractivity contribution is -0.387. The zero-order valence-electron chi connectivity index (χ0n) is 13.0. The molecule has 0 saturated carbocycles. The number of carbonyl (C=O) groups excluding carboxylic acids is 1. The van der Waals surface area contributed by atoms with E-state index in [1.54, 1.807) is 0 Å². The number of halogens is 1. The van der Waals surface area contributed by atoms with Crippen LogP contribution in [-0.4, -0.2) is 33.0 Å². The average molecular weight is 368 g/mol. The van der Waals surface area contributed by atoms with E-state index in [-0.39, 0.29) is 5.69 Å². The number of nitro groups is 1. The van der Waals surface area contributed by atoms with Gasteiger partial charge in [-0.25, -0.2) is 12.8 Å². The van der Waals surface area contributed by atoms with Crippen molar-refractivity contribution in [3.63, 3.8) is 0 Å². The first-order chi connectivity index (χ1) is 11.8. The molecule has 2 aromatic carbocycles. The maximum atomic E-state index is 13.1. The van der Waals surface area contributed by atoms with Crippen molar-refractivity contribution in [3.8, 4) is 0 Å². The minimum atomic E-state index is -4.48. The quantitative estimate of drug-likeness (QED) is 0.439. The number of sulfonamides is 1. The molecule has 0 aromatic heterocycles. The summed E-state index contributed by atoms with van der Waals surface area (Å²) in [6.07, 6.45) is 0. The third-order valence-electron chi connectivity index (χ3n) is 3.24. The molecule has 2 rings (SSSR count). The largest absolute Gasteiger partial charge is 0.468 e. The SMILES string of the molecule is COC(=O)CN(c1ccc(F)cc1)S(=O)(=O)c1ccccc1[N+](=O)[O-]. The van der Waals surface area contributed by atoms with Gasteiger partial charge in [0.1, 0.15) is 12.4 Å². The Hall–Kier alpha value is -3.01. The molecule has 132 valence electrons. The fraction of sp³-hybridized carbons (Fsp3) is 0.133. The maximum Gasteiger partial charge on any atom is 0.326 e. The van der Waals surface area contributed by atoms with Crippen LogP contribution < -0.4 is 4.31 Å². The van der Waals surface area contributed by atoms with Crippen LogP contribution in [0, 0.1) is 15.9 Å². The van der Waals surface area contributed by atoms with E-state index < -0.39 is 43.9 Å². The van der Waals surface area contributed by atoms with E-state index in [4.69, 9.17) is 0 Å². The fourth-order valence-electron chi connectivity index (χ4n) is 2.05. The Kier molecular flexibility index (Phi) is 5.32. The highest BCUT2D eigenvalue weighted by Gasteiger charge is 2.33. The van der Waals surface area contributed by atoms with Crippen molar-refractivity contribution in [1.82, 2.24) is 0 Å². The molecular formula is C15H13FN2O6S. The molecule has 0 aliphatic carbocycles. The molecule has 25 heavy (non-hydrogen) atoms. The third-order valence-corrected chi connectivity index (χ3v) is 5.07. The highest BCUT2D eigenvalue weighted by Crippen LogP contribution is 2.29. The van der Waals surface area contributed by atoms with Crippen LogP contribution in [0.3, 0.4) is 0 Å². The van der Waals surface area contributed by atoms with E-state index in [1.807, 2.05) is 0 Å². The van der Waals surface area contributed by atoms with E-state index in [9.17, 15) is 27.7 Å². The number of hydrogen-bond acceptors (Lipinski definition) is 6. The van der Waals surface area contributed by atoms with Gasteiger partial charge in [0, 0.05) is 6.07 Å². The van der Waals surface area contributed by atoms with Gasteiger partial charge in [0.25, 0.3) is 15.7 Å². The van der Waals surface area contributed by atoms with Gasteiger partial charge in [0.15, 0.2) is 4.90 Å². The lowest BCUT2D eigenvalue weighted by Gasteiger charge is -2.23. The zero-order valence-corrected chi connectivity index (χ0v) is 13.8. The fourth-order valence-corrected chi connectivity index (χ4v) is 3.62. The lowest BCUT2D eigenvalue weighted by Crippen LogP contribution is -2.36. The monoisotopic (exact) mass is 368 g/mol. The molecule has 0 fully saturated rings. The van der Waals surface area contributed by atoms with E-state index in [0.717, 1.165) is 43.5 Å². The summed E-state index contributed by atoms with van der Waals surface area (Å²) >= 11 is 0. The minimum Gasteiger partial charge on any atom is -0.468 e.